The molecular formula is C16H28N2O3. The second kappa shape index (κ2) is 7.14. The van der Waals surface area contributed by atoms with Crippen LogP contribution in [-0.4, -0.2) is 40.6 Å². The van der Waals surface area contributed by atoms with Gasteiger partial charge in [0.2, 0.25) is 0 Å². The molecule has 0 aromatic heterocycles. The van der Waals surface area contributed by atoms with Crippen LogP contribution in [0.2, 0.25) is 0 Å². The van der Waals surface area contributed by atoms with E-state index in [4.69, 9.17) is 0 Å². The molecule has 2 saturated carbocycles. The largest absolute Gasteiger partial charge is 0.480 e. The quantitative estimate of drug-likeness (QED) is 0.792. The molecule has 1 unspecified atom stereocenters. The highest BCUT2D eigenvalue weighted by Crippen LogP contribution is 2.29. The van der Waals surface area contributed by atoms with E-state index in [2.05, 4.69) is 19.2 Å². The van der Waals surface area contributed by atoms with E-state index in [1.165, 1.54) is 6.42 Å². The zero-order chi connectivity index (χ0) is 15.4. The van der Waals surface area contributed by atoms with Crippen molar-refractivity contribution in [1.82, 2.24) is 10.2 Å². The van der Waals surface area contributed by atoms with Gasteiger partial charge < -0.3 is 15.3 Å². The van der Waals surface area contributed by atoms with Gasteiger partial charge in [-0.3, -0.25) is 0 Å². The van der Waals surface area contributed by atoms with Gasteiger partial charge in [0, 0.05) is 12.6 Å². The Morgan fingerprint density at radius 1 is 1.14 bits per heavy atom. The Bertz CT molecular complexity index is 374. The van der Waals surface area contributed by atoms with Crippen molar-refractivity contribution in [2.24, 2.45) is 11.8 Å². The third kappa shape index (κ3) is 4.61. The summed E-state index contributed by atoms with van der Waals surface area (Å²) in [6.45, 7) is 4.87. The molecule has 0 aliphatic heterocycles. The minimum atomic E-state index is -0.893. The Kier molecular flexibility index (Phi) is 5.48. The highest BCUT2D eigenvalue weighted by molar-refractivity contribution is 5.83. The smallest absolute Gasteiger partial charge is 0.326 e. The van der Waals surface area contributed by atoms with Crippen LogP contribution >= 0.6 is 0 Å². The van der Waals surface area contributed by atoms with Crippen LogP contribution in [0.1, 0.15) is 58.8 Å². The molecule has 2 rings (SSSR count). The normalized spacial score (nSPS) is 21.1. The van der Waals surface area contributed by atoms with Gasteiger partial charge in [0.25, 0.3) is 0 Å². The van der Waals surface area contributed by atoms with Crippen molar-refractivity contribution in [1.29, 1.82) is 0 Å². The van der Waals surface area contributed by atoms with Crippen LogP contribution in [0.4, 0.5) is 4.79 Å². The Balaban J connectivity index is 1.97. The summed E-state index contributed by atoms with van der Waals surface area (Å²) in [6.07, 6.45) is 7.22. The number of urea groups is 1. The molecule has 1 atom stereocenters. The summed E-state index contributed by atoms with van der Waals surface area (Å²) in [4.78, 5) is 25.8. The van der Waals surface area contributed by atoms with Crippen LogP contribution < -0.4 is 5.32 Å². The van der Waals surface area contributed by atoms with Gasteiger partial charge in [-0.15, -0.1) is 0 Å². The maximum Gasteiger partial charge on any atom is 0.326 e. The van der Waals surface area contributed by atoms with Crippen molar-refractivity contribution in [3.05, 3.63) is 0 Å². The first-order valence-electron chi connectivity index (χ1n) is 8.29. The van der Waals surface area contributed by atoms with Gasteiger partial charge in [0.05, 0.1) is 0 Å². The monoisotopic (exact) mass is 296 g/mol. The summed E-state index contributed by atoms with van der Waals surface area (Å²) >= 11 is 0. The van der Waals surface area contributed by atoms with E-state index in [1.54, 1.807) is 0 Å². The zero-order valence-corrected chi connectivity index (χ0v) is 13.2. The first kappa shape index (κ1) is 16.1. The summed E-state index contributed by atoms with van der Waals surface area (Å²) in [6, 6.07) is -0.608. The highest BCUT2D eigenvalue weighted by Gasteiger charge is 2.36. The van der Waals surface area contributed by atoms with Crippen molar-refractivity contribution in [2.75, 3.05) is 6.54 Å². The maximum absolute atomic E-state index is 12.5. The zero-order valence-electron chi connectivity index (χ0n) is 13.2. The molecule has 2 amide bonds. The van der Waals surface area contributed by atoms with Crippen LogP contribution in [0.5, 0.6) is 0 Å². The molecule has 0 saturated heterocycles. The van der Waals surface area contributed by atoms with Crippen molar-refractivity contribution in [3.8, 4) is 0 Å². The van der Waals surface area contributed by atoms with Crippen LogP contribution in [0.3, 0.4) is 0 Å². The van der Waals surface area contributed by atoms with Gasteiger partial charge >= 0.3 is 12.0 Å². The molecule has 120 valence electrons. The summed E-state index contributed by atoms with van der Waals surface area (Å²) in [5, 5.41) is 12.3. The fourth-order valence-electron chi connectivity index (χ4n) is 3.24. The topological polar surface area (TPSA) is 69.6 Å². The Hall–Kier alpha value is -1.26. The fourth-order valence-corrected chi connectivity index (χ4v) is 3.24. The molecule has 5 nitrogen and oxygen atoms in total. The molecule has 0 radical (unpaired) electrons. The van der Waals surface area contributed by atoms with Gasteiger partial charge in [-0.05, 0) is 37.5 Å². The third-order valence-corrected chi connectivity index (χ3v) is 4.48. The number of aliphatic carboxylic acids is 1. The molecule has 2 aliphatic rings. The predicted octanol–water partition coefficient (Wildman–Crippen LogP) is 2.85. The van der Waals surface area contributed by atoms with E-state index in [0.29, 0.717) is 18.5 Å². The number of amides is 2. The minimum absolute atomic E-state index is 0.0836. The molecule has 2 aliphatic carbocycles. The van der Waals surface area contributed by atoms with E-state index in [1.807, 2.05) is 4.90 Å². The SMILES string of the molecule is CC(C)CN(C(=O)NC(C(=O)O)C1CCCCC1)C1CC1. The number of carboxylic acid groups (broad SMARTS) is 1. The molecule has 2 N–H and O–H groups in total. The van der Waals surface area contributed by atoms with Gasteiger partial charge in [-0.25, -0.2) is 9.59 Å². The molecule has 0 bridgehead atoms. The molecule has 0 aromatic carbocycles. The fraction of sp³-hybridized carbons (Fsp3) is 0.875. The molecule has 0 heterocycles. The lowest BCUT2D eigenvalue weighted by Crippen LogP contribution is -2.52. The second-order valence-electron chi connectivity index (χ2n) is 6.94. The van der Waals surface area contributed by atoms with Crippen LogP contribution in [0, 0.1) is 11.8 Å². The van der Waals surface area contributed by atoms with Crippen molar-refractivity contribution in [2.45, 2.75) is 70.9 Å². The molecule has 0 spiro atoms. The van der Waals surface area contributed by atoms with E-state index in [0.717, 1.165) is 38.5 Å². The Labute approximate surface area is 127 Å². The van der Waals surface area contributed by atoms with Gasteiger partial charge in [-0.2, -0.15) is 0 Å². The highest BCUT2D eigenvalue weighted by atomic mass is 16.4. The first-order valence-corrected chi connectivity index (χ1v) is 8.29. The summed E-state index contributed by atoms with van der Waals surface area (Å²) in [5.41, 5.74) is 0. The number of hydrogen-bond donors (Lipinski definition) is 2. The molecular weight excluding hydrogens is 268 g/mol. The lowest BCUT2D eigenvalue weighted by Gasteiger charge is -2.31. The third-order valence-electron chi connectivity index (χ3n) is 4.48. The van der Waals surface area contributed by atoms with E-state index >= 15 is 0 Å². The lowest BCUT2D eigenvalue weighted by atomic mass is 9.84. The molecule has 2 fully saturated rings. The number of carboxylic acids is 1. The van der Waals surface area contributed by atoms with Crippen molar-refractivity contribution in [3.63, 3.8) is 0 Å². The van der Waals surface area contributed by atoms with Gasteiger partial charge in [0.15, 0.2) is 0 Å². The molecule has 5 heteroatoms. The van der Waals surface area contributed by atoms with Crippen molar-refractivity contribution < 1.29 is 14.7 Å². The first-order chi connectivity index (χ1) is 9.99. The second-order valence-corrected chi connectivity index (χ2v) is 6.94. The Morgan fingerprint density at radius 3 is 2.24 bits per heavy atom. The molecule has 21 heavy (non-hydrogen) atoms. The number of nitrogens with one attached hydrogen (secondary N) is 1. The van der Waals surface area contributed by atoms with E-state index in [-0.39, 0.29) is 11.9 Å². The number of carbonyl (C=O) groups excluding carboxylic acids is 1. The van der Waals surface area contributed by atoms with Gasteiger partial charge in [-0.1, -0.05) is 33.1 Å². The Morgan fingerprint density at radius 2 is 1.76 bits per heavy atom. The average molecular weight is 296 g/mol. The van der Waals surface area contributed by atoms with E-state index < -0.39 is 12.0 Å². The summed E-state index contributed by atoms with van der Waals surface area (Å²) in [7, 11) is 0. The molecule has 0 aromatic rings. The summed E-state index contributed by atoms with van der Waals surface area (Å²) in [5.74, 6) is -0.412. The standard InChI is InChI=1S/C16H28N2O3/c1-11(2)10-18(13-8-9-13)16(21)17-14(15(19)20)12-6-4-3-5-7-12/h11-14H,3-10H2,1-2H3,(H,17,21)(H,19,20). The maximum atomic E-state index is 12.5. The number of carbonyl (C=O) groups is 2. The van der Waals surface area contributed by atoms with Crippen LogP contribution in [-0.2, 0) is 4.79 Å². The van der Waals surface area contributed by atoms with Gasteiger partial charge in [0.1, 0.15) is 6.04 Å². The predicted molar refractivity (Wildman–Crippen MR) is 81.1 cm³/mol. The van der Waals surface area contributed by atoms with Crippen molar-refractivity contribution >= 4 is 12.0 Å². The lowest BCUT2D eigenvalue weighted by molar-refractivity contribution is -0.141. The summed E-state index contributed by atoms with van der Waals surface area (Å²) < 4.78 is 0. The van der Waals surface area contributed by atoms with E-state index in [9.17, 15) is 14.7 Å². The average Bonchev–Trinajstić information content (AvgIpc) is 3.26. The number of rotatable bonds is 6. The minimum Gasteiger partial charge on any atom is -0.480 e. The number of hydrogen-bond acceptors (Lipinski definition) is 2. The van der Waals surface area contributed by atoms with Crippen LogP contribution in [0.15, 0.2) is 0 Å². The van der Waals surface area contributed by atoms with Crippen LogP contribution in [0.25, 0.3) is 0 Å². The number of nitrogens with zero attached hydrogens (tertiary/aromatic N) is 1.